The second-order valence-electron chi connectivity index (χ2n) is 6.53. The highest BCUT2D eigenvalue weighted by atomic mass is 16.5. The van der Waals surface area contributed by atoms with Gasteiger partial charge < -0.3 is 14.8 Å². The van der Waals surface area contributed by atoms with E-state index in [2.05, 4.69) is 24.1 Å². The zero-order valence-corrected chi connectivity index (χ0v) is 14.5. The molecule has 1 amide bonds. The van der Waals surface area contributed by atoms with Gasteiger partial charge in [-0.1, -0.05) is 0 Å². The zero-order valence-electron chi connectivity index (χ0n) is 14.5. The minimum Gasteiger partial charge on any atom is -0.481 e. The van der Waals surface area contributed by atoms with Crippen LogP contribution in [0.4, 0.5) is 0 Å². The average molecular weight is 331 g/mol. The molecule has 1 N–H and O–H groups in total. The summed E-state index contributed by atoms with van der Waals surface area (Å²) in [4.78, 5) is 14.6. The number of morpholine rings is 1. The molecule has 6 nitrogen and oxygen atoms in total. The van der Waals surface area contributed by atoms with E-state index in [1.165, 1.54) is 0 Å². The third kappa shape index (κ3) is 4.95. The topological polar surface area (TPSA) is 74.6 Å². The minimum absolute atomic E-state index is 0.131. The molecular weight excluding hydrogens is 306 g/mol. The van der Waals surface area contributed by atoms with Crippen molar-refractivity contribution in [3.05, 3.63) is 29.8 Å². The monoisotopic (exact) mass is 331 g/mol. The fraction of sp³-hybridized carbons (Fsp3) is 0.556. The lowest BCUT2D eigenvalue weighted by Gasteiger charge is -2.41. The molecule has 0 aliphatic carbocycles. The molecule has 1 fully saturated rings. The summed E-state index contributed by atoms with van der Waals surface area (Å²) in [6.45, 7) is 9.71. The number of hydrogen-bond donors (Lipinski definition) is 1. The van der Waals surface area contributed by atoms with Crippen molar-refractivity contribution in [3.8, 4) is 11.8 Å². The summed E-state index contributed by atoms with van der Waals surface area (Å²) in [7, 11) is 0. The van der Waals surface area contributed by atoms with Crippen LogP contribution in [0.25, 0.3) is 0 Å². The van der Waals surface area contributed by atoms with E-state index in [0.29, 0.717) is 17.9 Å². The second-order valence-corrected chi connectivity index (χ2v) is 6.53. The van der Waals surface area contributed by atoms with Gasteiger partial charge in [-0.15, -0.1) is 0 Å². The van der Waals surface area contributed by atoms with E-state index in [1.807, 2.05) is 6.07 Å². The van der Waals surface area contributed by atoms with Crippen molar-refractivity contribution in [1.29, 1.82) is 5.26 Å². The van der Waals surface area contributed by atoms with Gasteiger partial charge in [-0.25, -0.2) is 0 Å². The predicted octanol–water partition coefficient (Wildman–Crippen LogP) is 1.55. The summed E-state index contributed by atoms with van der Waals surface area (Å²) in [5.41, 5.74) is 0.430. The summed E-state index contributed by atoms with van der Waals surface area (Å²) in [6.07, 6.45) is -0.599. The van der Waals surface area contributed by atoms with Gasteiger partial charge in [-0.05, 0) is 45.0 Å². The fourth-order valence-electron chi connectivity index (χ4n) is 2.59. The maximum absolute atomic E-state index is 12.3. The molecule has 1 aromatic carbocycles. The predicted molar refractivity (Wildman–Crippen MR) is 90.7 cm³/mol. The molecular formula is C18H25N3O3. The van der Waals surface area contributed by atoms with Gasteiger partial charge in [0.25, 0.3) is 5.91 Å². The van der Waals surface area contributed by atoms with E-state index >= 15 is 0 Å². The lowest BCUT2D eigenvalue weighted by molar-refractivity contribution is -0.128. The summed E-state index contributed by atoms with van der Waals surface area (Å²) >= 11 is 0. The van der Waals surface area contributed by atoms with Crippen molar-refractivity contribution in [2.45, 2.75) is 32.4 Å². The van der Waals surface area contributed by atoms with Gasteiger partial charge in [0.05, 0.1) is 24.8 Å². The van der Waals surface area contributed by atoms with Gasteiger partial charge >= 0.3 is 0 Å². The Morgan fingerprint density at radius 1 is 1.38 bits per heavy atom. The van der Waals surface area contributed by atoms with Crippen LogP contribution in [0.5, 0.6) is 5.75 Å². The number of nitrogens with zero attached hydrogens (tertiary/aromatic N) is 2. The molecule has 0 spiro atoms. The summed E-state index contributed by atoms with van der Waals surface area (Å²) in [5.74, 6) is 0.421. The van der Waals surface area contributed by atoms with Crippen LogP contribution in [0.15, 0.2) is 24.3 Å². The summed E-state index contributed by atoms with van der Waals surface area (Å²) in [5, 5.41) is 11.7. The summed E-state index contributed by atoms with van der Waals surface area (Å²) < 4.78 is 11.0. The molecule has 1 atom stereocenters. The van der Waals surface area contributed by atoms with Crippen molar-refractivity contribution in [1.82, 2.24) is 10.2 Å². The Bertz CT molecular complexity index is 587. The van der Waals surface area contributed by atoms with Gasteiger partial charge in [0.15, 0.2) is 6.10 Å². The van der Waals surface area contributed by atoms with Crippen molar-refractivity contribution < 1.29 is 14.3 Å². The highest BCUT2D eigenvalue weighted by molar-refractivity contribution is 5.80. The standard InChI is InChI=1S/C18H25N3O3/c1-14(24-16-6-4-15(12-19)5-7-16)17(22)20-13-18(2,3)21-8-10-23-11-9-21/h4-7,14H,8-11,13H2,1-3H3,(H,20,22). The normalized spacial score (nSPS) is 16.9. The molecule has 1 aliphatic rings. The smallest absolute Gasteiger partial charge is 0.260 e. The van der Waals surface area contributed by atoms with Crippen molar-refractivity contribution >= 4 is 5.91 Å². The molecule has 130 valence electrons. The highest BCUT2D eigenvalue weighted by Gasteiger charge is 2.29. The molecule has 0 aromatic heterocycles. The lowest BCUT2D eigenvalue weighted by atomic mass is 10.0. The molecule has 0 saturated carbocycles. The van der Waals surface area contributed by atoms with Crippen LogP contribution < -0.4 is 10.1 Å². The van der Waals surface area contributed by atoms with E-state index in [1.54, 1.807) is 31.2 Å². The van der Waals surface area contributed by atoms with Crippen LogP contribution in [-0.2, 0) is 9.53 Å². The zero-order chi connectivity index (χ0) is 17.6. The molecule has 1 aromatic rings. The van der Waals surface area contributed by atoms with Crippen molar-refractivity contribution in [3.63, 3.8) is 0 Å². The maximum atomic E-state index is 12.3. The van der Waals surface area contributed by atoms with Gasteiger partial charge in [-0.2, -0.15) is 5.26 Å². The van der Waals surface area contributed by atoms with E-state index < -0.39 is 6.10 Å². The molecule has 1 saturated heterocycles. The second kappa shape index (κ2) is 8.13. The Morgan fingerprint density at radius 2 is 2.00 bits per heavy atom. The number of amides is 1. The number of hydrogen-bond acceptors (Lipinski definition) is 5. The first-order valence-corrected chi connectivity index (χ1v) is 8.20. The van der Waals surface area contributed by atoms with Gasteiger partial charge in [0.2, 0.25) is 0 Å². The molecule has 0 bridgehead atoms. The van der Waals surface area contributed by atoms with Crippen molar-refractivity contribution in [2.75, 3.05) is 32.8 Å². The number of benzene rings is 1. The Balaban J connectivity index is 1.83. The molecule has 1 heterocycles. The maximum Gasteiger partial charge on any atom is 0.260 e. The third-order valence-electron chi connectivity index (χ3n) is 4.23. The number of nitrogens with one attached hydrogen (secondary N) is 1. The Kier molecular flexibility index (Phi) is 6.18. The van der Waals surface area contributed by atoms with Crippen LogP contribution in [0.2, 0.25) is 0 Å². The van der Waals surface area contributed by atoms with Gasteiger partial charge in [0.1, 0.15) is 5.75 Å². The van der Waals surface area contributed by atoms with Crippen LogP contribution in [-0.4, -0.2) is 55.3 Å². The van der Waals surface area contributed by atoms with E-state index in [9.17, 15) is 4.79 Å². The first-order valence-electron chi connectivity index (χ1n) is 8.20. The Morgan fingerprint density at radius 3 is 2.58 bits per heavy atom. The Hall–Kier alpha value is -2.10. The number of carbonyl (C=O) groups excluding carboxylic acids is 1. The fourth-order valence-corrected chi connectivity index (χ4v) is 2.59. The Labute approximate surface area is 143 Å². The van der Waals surface area contributed by atoms with Crippen LogP contribution in [0.3, 0.4) is 0 Å². The number of ether oxygens (including phenoxy) is 2. The van der Waals surface area contributed by atoms with E-state index in [0.717, 1.165) is 26.3 Å². The highest BCUT2D eigenvalue weighted by Crippen LogP contribution is 2.16. The molecule has 2 rings (SSSR count). The quantitative estimate of drug-likeness (QED) is 0.856. The van der Waals surface area contributed by atoms with Gasteiger partial charge in [-0.3, -0.25) is 9.69 Å². The lowest BCUT2D eigenvalue weighted by Crippen LogP contribution is -2.56. The third-order valence-corrected chi connectivity index (χ3v) is 4.23. The largest absolute Gasteiger partial charge is 0.481 e. The van der Waals surface area contributed by atoms with E-state index in [4.69, 9.17) is 14.7 Å². The number of rotatable bonds is 6. The van der Waals surface area contributed by atoms with Crippen LogP contribution >= 0.6 is 0 Å². The SMILES string of the molecule is CC(Oc1ccc(C#N)cc1)C(=O)NCC(C)(C)N1CCOCC1. The molecule has 6 heteroatoms. The van der Waals surface area contributed by atoms with E-state index in [-0.39, 0.29) is 11.4 Å². The van der Waals surface area contributed by atoms with Crippen LogP contribution in [0, 0.1) is 11.3 Å². The first kappa shape index (κ1) is 18.2. The summed E-state index contributed by atoms with van der Waals surface area (Å²) in [6, 6.07) is 8.78. The van der Waals surface area contributed by atoms with Crippen molar-refractivity contribution in [2.24, 2.45) is 0 Å². The molecule has 0 radical (unpaired) electrons. The number of nitriles is 1. The average Bonchev–Trinajstić information content (AvgIpc) is 2.61. The first-order chi connectivity index (χ1) is 11.4. The molecule has 24 heavy (non-hydrogen) atoms. The van der Waals surface area contributed by atoms with Gasteiger partial charge in [0, 0.05) is 25.2 Å². The molecule has 1 aliphatic heterocycles. The molecule has 1 unspecified atom stereocenters. The van der Waals surface area contributed by atoms with Crippen LogP contribution in [0.1, 0.15) is 26.3 Å². The number of carbonyl (C=O) groups is 1. The minimum atomic E-state index is -0.599.